The van der Waals surface area contributed by atoms with Crippen LogP contribution in [0.15, 0.2) is 24.3 Å². The van der Waals surface area contributed by atoms with Crippen molar-refractivity contribution in [3.05, 3.63) is 34.9 Å². The van der Waals surface area contributed by atoms with Crippen molar-refractivity contribution in [2.24, 2.45) is 17.6 Å². The number of rotatable bonds is 5. The molecule has 5 heteroatoms. The molecule has 1 fully saturated rings. The zero-order valence-electron chi connectivity index (χ0n) is 12.3. The van der Waals surface area contributed by atoms with E-state index in [9.17, 15) is 4.79 Å². The van der Waals surface area contributed by atoms with E-state index in [1.165, 1.54) is 0 Å². The minimum atomic E-state index is 0. The van der Waals surface area contributed by atoms with Gasteiger partial charge in [0.15, 0.2) is 0 Å². The van der Waals surface area contributed by atoms with Gasteiger partial charge >= 0.3 is 0 Å². The Kier molecular flexibility index (Phi) is 7.50. The predicted molar refractivity (Wildman–Crippen MR) is 89.8 cm³/mol. The smallest absolute Gasteiger partial charge is 0.223 e. The fourth-order valence-electron chi connectivity index (χ4n) is 3.09. The van der Waals surface area contributed by atoms with Crippen LogP contribution >= 0.6 is 24.0 Å². The highest BCUT2D eigenvalue weighted by Gasteiger charge is 2.32. The molecule has 0 aliphatic heterocycles. The van der Waals surface area contributed by atoms with Crippen LogP contribution < -0.4 is 11.1 Å². The second kappa shape index (κ2) is 8.62. The summed E-state index contributed by atoms with van der Waals surface area (Å²) in [7, 11) is 0. The third-order valence-electron chi connectivity index (χ3n) is 4.27. The average molecular weight is 331 g/mol. The van der Waals surface area contributed by atoms with E-state index in [1.54, 1.807) is 0 Å². The molecule has 3 N–H and O–H groups in total. The molecule has 1 unspecified atom stereocenters. The molecular formula is C16H24Cl2N2O. The van der Waals surface area contributed by atoms with Gasteiger partial charge in [-0.3, -0.25) is 4.79 Å². The van der Waals surface area contributed by atoms with E-state index in [4.69, 9.17) is 17.3 Å². The summed E-state index contributed by atoms with van der Waals surface area (Å²) in [6.07, 6.45) is 3.99. The maximum atomic E-state index is 12.4. The first kappa shape index (κ1) is 18.3. The van der Waals surface area contributed by atoms with Crippen molar-refractivity contribution < 1.29 is 4.79 Å². The van der Waals surface area contributed by atoms with Crippen LogP contribution in [0, 0.1) is 11.8 Å². The minimum absolute atomic E-state index is 0. The van der Waals surface area contributed by atoms with Crippen molar-refractivity contribution in [3.8, 4) is 0 Å². The van der Waals surface area contributed by atoms with Crippen LogP contribution in [0.25, 0.3) is 0 Å². The van der Waals surface area contributed by atoms with Crippen LogP contribution in [0.1, 0.15) is 44.2 Å². The molecule has 3 atom stereocenters. The Labute approximate surface area is 138 Å². The Hall–Kier alpha value is -0.770. The maximum absolute atomic E-state index is 12.4. The monoisotopic (exact) mass is 330 g/mol. The number of benzene rings is 1. The summed E-state index contributed by atoms with van der Waals surface area (Å²) in [4.78, 5) is 12.4. The number of hydrogen-bond acceptors (Lipinski definition) is 2. The second-order valence-electron chi connectivity index (χ2n) is 5.56. The topological polar surface area (TPSA) is 55.1 Å². The van der Waals surface area contributed by atoms with Crippen molar-refractivity contribution in [1.82, 2.24) is 5.32 Å². The first-order valence-corrected chi connectivity index (χ1v) is 7.79. The fourth-order valence-corrected chi connectivity index (χ4v) is 3.29. The quantitative estimate of drug-likeness (QED) is 0.864. The van der Waals surface area contributed by atoms with E-state index in [0.29, 0.717) is 17.5 Å². The first-order valence-electron chi connectivity index (χ1n) is 7.41. The largest absolute Gasteiger partial charge is 0.349 e. The van der Waals surface area contributed by atoms with Crippen LogP contribution in [0.5, 0.6) is 0 Å². The van der Waals surface area contributed by atoms with Crippen LogP contribution in [0.3, 0.4) is 0 Å². The Morgan fingerprint density at radius 3 is 2.86 bits per heavy atom. The first-order chi connectivity index (χ1) is 9.65. The van der Waals surface area contributed by atoms with Crippen LogP contribution in [-0.2, 0) is 4.79 Å². The Bertz CT molecular complexity index is 467. The van der Waals surface area contributed by atoms with Gasteiger partial charge in [0.2, 0.25) is 5.91 Å². The summed E-state index contributed by atoms with van der Waals surface area (Å²) in [5.41, 5.74) is 6.82. The molecule has 0 saturated heterocycles. The van der Waals surface area contributed by atoms with Gasteiger partial charge in [-0.2, -0.15) is 0 Å². The lowest BCUT2D eigenvalue weighted by molar-refractivity contribution is -0.126. The number of nitrogens with one attached hydrogen (secondary N) is 1. The Morgan fingerprint density at radius 2 is 2.24 bits per heavy atom. The lowest BCUT2D eigenvalue weighted by atomic mass is 9.94. The molecule has 0 heterocycles. The van der Waals surface area contributed by atoms with Crippen molar-refractivity contribution in [1.29, 1.82) is 0 Å². The number of carbonyl (C=O) groups is 1. The molecule has 0 bridgehead atoms. The fraction of sp³-hybridized carbons (Fsp3) is 0.562. The maximum Gasteiger partial charge on any atom is 0.223 e. The van der Waals surface area contributed by atoms with Crippen molar-refractivity contribution >= 4 is 29.9 Å². The second-order valence-corrected chi connectivity index (χ2v) is 5.99. The SMILES string of the molecule is CCC(NC(=O)[C@@H]1CCC[C@@H]1CN)c1cccc(Cl)c1.Cl. The van der Waals surface area contributed by atoms with E-state index in [1.807, 2.05) is 24.3 Å². The Balaban J connectivity index is 0.00000220. The molecule has 118 valence electrons. The van der Waals surface area contributed by atoms with Crippen molar-refractivity contribution in [2.75, 3.05) is 6.54 Å². The summed E-state index contributed by atoms with van der Waals surface area (Å²) in [6, 6.07) is 7.73. The molecule has 3 nitrogen and oxygen atoms in total. The molecule has 1 amide bonds. The normalized spacial score (nSPS) is 22.4. The van der Waals surface area contributed by atoms with Crippen molar-refractivity contribution in [3.63, 3.8) is 0 Å². The highest BCUT2D eigenvalue weighted by atomic mass is 35.5. The van der Waals surface area contributed by atoms with Gasteiger partial charge in [0.05, 0.1) is 6.04 Å². The lowest BCUT2D eigenvalue weighted by Gasteiger charge is -2.23. The molecule has 1 aromatic carbocycles. The molecule has 0 aromatic heterocycles. The number of carbonyl (C=O) groups excluding carboxylic acids is 1. The average Bonchev–Trinajstić information content (AvgIpc) is 2.93. The highest BCUT2D eigenvalue weighted by Crippen LogP contribution is 2.32. The molecule has 1 saturated carbocycles. The highest BCUT2D eigenvalue weighted by molar-refractivity contribution is 6.30. The lowest BCUT2D eigenvalue weighted by Crippen LogP contribution is -2.37. The van der Waals surface area contributed by atoms with E-state index in [0.717, 1.165) is 31.2 Å². The number of hydrogen-bond donors (Lipinski definition) is 2. The molecular weight excluding hydrogens is 307 g/mol. The van der Waals surface area contributed by atoms with Crippen LogP contribution in [-0.4, -0.2) is 12.5 Å². The molecule has 1 aliphatic rings. The zero-order chi connectivity index (χ0) is 14.5. The molecule has 0 spiro atoms. The third-order valence-corrected chi connectivity index (χ3v) is 4.51. The standard InChI is InChI=1S/C16H23ClN2O.ClH/c1-2-15(11-5-3-7-13(17)9-11)19-16(20)14-8-4-6-12(14)10-18;/h3,5,7,9,12,14-15H,2,4,6,8,10,18H2,1H3,(H,19,20);1H/t12-,14-,15?;/m1./s1. The molecule has 1 aliphatic carbocycles. The van der Waals surface area contributed by atoms with Gasteiger partial charge in [-0.1, -0.05) is 37.1 Å². The van der Waals surface area contributed by atoms with Gasteiger partial charge in [0, 0.05) is 10.9 Å². The number of halogens is 2. The minimum Gasteiger partial charge on any atom is -0.349 e. The summed E-state index contributed by atoms with van der Waals surface area (Å²) >= 11 is 6.03. The summed E-state index contributed by atoms with van der Waals surface area (Å²) in [6.45, 7) is 2.67. The summed E-state index contributed by atoms with van der Waals surface area (Å²) < 4.78 is 0. The molecule has 2 rings (SSSR count). The van der Waals surface area contributed by atoms with E-state index >= 15 is 0 Å². The third kappa shape index (κ3) is 4.60. The van der Waals surface area contributed by atoms with Gasteiger partial charge < -0.3 is 11.1 Å². The van der Waals surface area contributed by atoms with E-state index in [2.05, 4.69) is 12.2 Å². The van der Waals surface area contributed by atoms with Gasteiger partial charge in [-0.05, 0) is 49.4 Å². The zero-order valence-corrected chi connectivity index (χ0v) is 13.9. The van der Waals surface area contributed by atoms with E-state index < -0.39 is 0 Å². The molecule has 1 aromatic rings. The number of nitrogens with two attached hydrogens (primary N) is 1. The van der Waals surface area contributed by atoms with Crippen molar-refractivity contribution in [2.45, 2.75) is 38.6 Å². The van der Waals surface area contributed by atoms with Crippen LogP contribution in [0.4, 0.5) is 0 Å². The number of amides is 1. The van der Waals surface area contributed by atoms with Gasteiger partial charge in [-0.15, -0.1) is 12.4 Å². The van der Waals surface area contributed by atoms with Crippen LogP contribution in [0.2, 0.25) is 5.02 Å². The van der Waals surface area contributed by atoms with Gasteiger partial charge in [0.25, 0.3) is 0 Å². The van der Waals surface area contributed by atoms with Gasteiger partial charge in [0.1, 0.15) is 0 Å². The summed E-state index contributed by atoms with van der Waals surface area (Å²) in [5, 5.41) is 3.87. The molecule has 0 radical (unpaired) electrons. The predicted octanol–water partition coefficient (Wildman–Crippen LogP) is 3.70. The summed E-state index contributed by atoms with van der Waals surface area (Å²) in [5.74, 6) is 0.560. The van der Waals surface area contributed by atoms with Gasteiger partial charge in [-0.25, -0.2) is 0 Å². The molecule has 21 heavy (non-hydrogen) atoms. The van der Waals surface area contributed by atoms with E-state index in [-0.39, 0.29) is 30.3 Å². The Morgan fingerprint density at radius 1 is 1.48 bits per heavy atom.